The van der Waals surface area contributed by atoms with Crippen molar-refractivity contribution in [3.8, 4) is 0 Å². The molecule has 0 fully saturated rings. The number of hydrogen-bond donors (Lipinski definition) is 2. The smallest absolute Gasteiger partial charge is 0.416 e. The molecule has 0 aliphatic carbocycles. The van der Waals surface area contributed by atoms with Gasteiger partial charge in [-0.25, -0.2) is 8.42 Å². The average Bonchev–Trinajstić information content (AvgIpc) is 2.79. The Morgan fingerprint density at radius 3 is 2.24 bits per heavy atom. The number of allylic oxidation sites excluding steroid dienone is 1. The lowest BCUT2D eigenvalue weighted by Gasteiger charge is -2.12. The van der Waals surface area contributed by atoms with Crippen LogP contribution in [-0.2, 0) is 21.0 Å². The van der Waals surface area contributed by atoms with Crippen LogP contribution in [0, 0.1) is 0 Å². The molecule has 2 N–H and O–H groups in total. The number of carbonyl (C=O) groups is 1. The van der Waals surface area contributed by atoms with Gasteiger partial charge in [-0.15, -0.1) is 0 Å². The number of hydrogen-bond acceptors (Lipinski definition) is 4. The Morgan fingerprint density at radius 1 is 1.00 bits per heavy atom. The molecule has 0 saturated heterocycles. The first-order valence-electron chi connectivity index (χ1n) is 10.2. The Bertz CT molecular complexity index is 1260. The minimum Gasteiger partial charge on any atom is -0.481 e. The van der Waals surface area contributed by atoms with Crippen LogP contribution < -0.4 is 4.72 Å². The quantitative estimate of drug-likeness (QED) is 0.381. The molecule has 0 aliphatic heterocycles. The number of aromatic nitrogens is 1. The van der Waals surface area contributed by atoms with Gasteiger partial charge < -0.3 is 5.11 Å². The van der Waals surface area contributed by atoms with Crippen LogP contribution in [0.3, 0.4) is 0 Å². The van der Waals surface area contributed by atoms with E-state index in [2.05, 4.69) is 9.71 Å². The number of aliphatic carboxylic acids is 1. The van der Waals surface area contributed by atoms with Crippen LogP contribution in [0.15, 0.2) is 84.0 Å². The molecule has 3 rings (SSSR count). The molecule has 1 aromatic heterocycles. The molecule has 178 valence electrons. The minimum absolute atomic E-state index is 0.0431. The van der Waals surface area contributed by atoms with Gasteiger partial charge in [-0.1, -0.05) is 24.3 Å². The van der Waals surface area contributed by atoms with E-state index in [0.29, 0.717) is 25.0 Å². The maximum absolute atomic E-state index is 12.7. The van der Waals surface area contributed by atoms with Gasteiger partial charge in [-0.05, 0) is 66.4 Å². The summed E-state index contributed by atoms with van der Waals surface area (Å²) >= 11 is 0. The van der Waals surface area contributed by atoms with Crippen LogP contribution in [0.2, 0.25) is 0 Å². The van der Waals surface area contributed by atoms with Crippen molar-refractivity contribution < 1.29 is 31.5 Å². The highest BCUT2D eigenvalue weighted by Crippen LogP contribution is 2.30. The van der Waals surface area contributed by atoms with Crippen molar-refractivity contribution in [2.75, 3.05) is 4.72 Å². The van der Waals surface area contributed by atoms with Crippen molar-refractivity contribution in [3.05, 3.63) is 95.8 Å². The fourth-order valence-corrected chi connectivity index (χ4v) is 4.24. The predicted octanol–water partition coefficient (Wildman–Crippen LogP) is 5.59. The molecule has 0 unspecified atom stereocenters. The second kappa shape index (κ2) is 10.5. The number of nitrogens with zero attached hydrogens (tertiary/aromatic N) is 1. The summed E-state index contributed by atoms with van der Waals surface area (Å²) in [4.78, 5) is 14.6. The van der Waals surface area contributed by atoms with Crippen LogP contribution >= 0.6 is 0 Å². The second-order valence-corrected chi connectivity index (χ2v) is 9.03. The van der Waals surface area contributed by atoms with Crippen molar-refractivity contribution in [1.82, 2.24) is 4.98 Å². The van der Waals surface area contributed by atoms with Gasteiger partial charge in [0.25, 0.3) is 10.0 Å². The van der Waals surface area contributed by atoms with E-state index in [1.165, 1.54) is 0 Å². The van der Waals surface area contributed by atoms with Crippen LogP contribution in [0.25, 0.3) is 5.57 Å². The lowest BCUT2D eigenvalue weighted by atomic mass is 9.97. The molecular formula is C24H21F3N2O4S. The fourth-order valence-electron chi connectivity index (χ4n) is 3.18. The van der Waals surface area contributed by atoms with E-state index in [4.69, 9.17) is 5.11 Å². The van der Waals surface area contributed by atoms with E-state index < -0.39 is 27.7 Å². The van der Waals surface area contributed by atoms with E-state index in [-0.39, 0.29) is 17.0 Å². The van der Waals surface area contributed by atoms with Crippen LogP contribution in [0.1, 0.15) is 36.0 Å². The van der Waals surface area contributed by atoms with Gasteiger partial charge in [-0.2, -0.15) is 13.2 Å². The molecule has 10 heteroatoms. The summed E-state index contributed by atoms with van der Waals surface area (Å²) in [6.45, 7) is 0. The maximum atomic E-state index is 12.7. The van der Waals surface area contributed by atoms with Gasteiger partial charge in [0.05, 0.1) is 10.5 Å². The van der Waals surface area contributed by atoms with Crippen molar-refractivity contribution in [3.63, 3.8) is 0 Å². The Labute approximate surface area is 194 Å². The molecule has 2 aromatic carbocycles. The first-order valence-corrected chi connectivity index (χ1v) is 11.7. The summed E-state index contributed by atoms with van der Waals surface area (Å²) in [7, 11) is -4.08. The van der Waals surface area contributed by atoms with Gasteiger partial charge in [0.15, 0.2) is 0 Å². The first kappa shape index (κ1) is 25.0. The topological polar surface area (TPSA) is 96.4 Å². The van der Waals surface area contributed by atoms with Crippen LogP contribution in [-0.4, -0.2) is 24.5 Å². The number of nitrogens with one attached hydrogen (secondary N) is 1. The molecule has 0 spiro atoms. The molecule has 0 saturated carbocycles. The number of pyridine rings is 1. The third-order valence-electron chi connectivity index (χ3n) is 4.86. The molecule has 0 radical (unpaired) electrons. The number of carboxylic acid groups (broad SMARTS) is 1. The zero-order valence-electron chi connectivity index (χ0n) is 17.8. The van der Waals surface area contributed by atoms with Gasteiger partial charge >= 0.3 is 12.1 Å². The average molecular weight is 491 g/mol. The van der Waals surface area contributed by atoms with Gasteiger partial charge in [0.1, 0.15) is 0 Å². The molecule has 0 atom stereocenters. The van der Waals surface area contributed by atoms with Crippen LogP contribution in [0.5, 0.6) is 0 Å². The number of anilines is 1. The highest BCUT2D eigenvalue weighted by Gasteiger charge is 2.30. The molecular weight excluding hydrogens is 469 g/mol. The Hall–Kier alpha value is -3.66. The van der Waals surface area contributed by atoms with E-state index in [9.17, 15) is 26.4 Å². The van der Waals surface area contributed by atoms with E-state index >= 15 is 0 Å². The lowest BCUT2D eigenvalue weighted by Crippen LogP contribution is -2.13. The molecule has 1 heterocycles. The van der Waals surface area contributed by atoms with Gasteiger partial charge in [0, 0.05) is 30.1 Å². The number of alkyl halides is 3. The van der Waals surface area contributed by atoms with Gasteiger partial charge in [0.2, 0.25) is 0 Å². The van der Waals surface area contributed by atoms with Gasteiger partial charge in [-0.3, -0.25) is 14.5 Å². The number of carboxylic acids is 1. The first-order chi connectivity index (χ1) is 16.1. The highest BCUT2D eigenvalue weighted by molar-refractivity contribution is 7.92. The summed E-state index contributed by atoms with van der Waals surface area (Å²) in [5, 5.41) is 8.83. The molecule has 0 bridgehead atoms. The summed E-state index contributed by atoms with van der Waals surface area (Å²) in [6, 6.07) is 13.3. The third kappa shape index (κ3) is 6.67. The van der Waals surface area contributed by atoms with Crippen molar-refractivity contribution in [2.24, 2.45) is 0 Å². The molecule has 3 aromatic rings. The Morgan fingerprint density at radius 2 is 1.68 bits per heavy atom. The number of halogens is 3. The van der Waals surface area contributed by atoms with Crippen molar-refractivity contribution >= 4 is 27.3 Å². The molecule has 34 heavy (non-hydrogen) atoms. The summed E-state index contributed by atoms with van der Waals surface area (Å²) in [6.07, 6.45) is 1.68. The Balaban J connectivity index is 1.80. The minimum atomic E-state index is -4.56. The predicted molar refractivity (Wildman–Crippen MR) is 121 cm³/mol. The zero-order valence-corrected chi connectivity index (χ0v) is 18.6. The van der Waals surface area contributed by atoms with Crippen LogP contribution in [0.4, 0.5) is 18.9 Å². The second-order valence-electron chi connectivity index (χ2n) is 7.35. The normalized spacial score (nSPS) is 12.4. The molecule has 6 nitrogen and oxygen atoms in total. The standard InChI is InChI=1S/C24H21F3N2O4S/c25-24(26,27)19-9-13-21(14-10-19)34(32,33)29-20-11-7-17(8-12-20)22(5-1-2-6-23(30)31)18-4-3-15-28-16-18/h3-5,7-16,29H,1-2,6H2,(H,30,31). The van der Waals surface area contributed by atoms with E-state index in [1.54, 1.807) is 42.7 Å². The number of sulfonamides is 1. The monoisotopic (exact) mass is 490 g/mol. The maximum Gasteiger partial charge on any atom is 0.416 e. The fraction of sp³-hybridized carbons (Fsp3) is 0.167. The van der Waals surface area contributed by atoms with E-state index in [1.807, 2.05) is 12.1 Å². The summed E-state index contributed by atoms with van der Waals surface area (Å²) < 4.78 is 65.7. The SMILES string of the molecule is O=C(O)CCCC=C(c1ccc(NS(=O)(=O)c2ccc(C(F)(F)F)cc2)cc1)c1cccnc1. The van der Waals surface area contributed by atoms with Crippen molar-refractivity contribution in [1.29, 1.82) is 0 Å². The van der Waals surface area contributed by atoms with E-state index in [0.717, 1.165) is 28.8 Å². The number of rotatable bonds is 9. The highest BCUT2D eigenvalue weighted by atomic mass is 32.2. The molecule has 0 amide bonds. The number of benzene rings is 2. The third-order valence-corrected chi connectivity index (χ3v) is 6.25. The zero-order chi connectivity index (χ0) is 24.8. The largest absolute Gasteiger partial charge is 0.481 e. The van der Waals surface area contributed by atoms with Crippen molar-refractivity contribution in [2.45, 2.75) is 30.3 Å². The Kier molecular flexibility index (Phi) is 7.72. The summed E-state index contributed by atoms with van der Waals surface area (Å²) in [5.74, 6) is -0.874. The number of unbranched alkanes of at least 4 members (excludes halogenated alkanes) is 1. The molecule has 0 aliphatic rings. The summed E-state index contributed by atoms with van der Waals surface area (Å²) in [5.41, 5.74) is 1.70. The lowest BCUT2D eigenvalue weighted by molar-refractivity contribution is -0.138.